The number of benzene rings is 1. The Labute approximate surface area is 135 Å². The normalized spacial score (nSPS) is 19.0. The van der Waals surface area contributed by atoms with Gasteiger partial charge in [0.1, 0.15) is 17.2 Å². The van der Waals surface area contributed by atoms with Crippen LogP contribution in [0, 0.1) is 0 Å². The predicted molar refractivity (Wildman–Crippen MR) is 89.1 cm³/mol. The van der Waals surface area contributed by atoms with Gasteiger partial charge in [-0.15, -0.1) is 0 Å². The molecule has 1 aliphatic rings. The van der Waals surface area contributed by atoms with E-state index in [1.165, 1.54) is 0 Å². The van der Waals surface area contributed by atoms with E-state index in [4.69, 9.17) is 9.40 Å². The number of hydrogen-bond acceptors (Lipinski definition) is 4. The van der Waals surface area contributed by atoms with Gasteiger partial charge in [-0.3, -0.25) is 5.32 Å². The highest BCUT2D eigenvalue weighted by Gasteiger charge is 2.26. The third-order valence-corrected chi connectivity index (χ3v) is 4.56. The van der Waals surface area contributed by atoms with E-state index in [0.29, 0.717) is 0 Å². The van der Waals surface area contributed by atoms with Crippen molar-refractivity contribution < 1.29 is 4.42 Å². The van der Waals surface area contributed by atoms with Crippen LogP contribution >= 0.6 is 0 Å². The number of furan rings is 1. The van der Waals surface area contributed by atoms with E-state index in [1.54, 1.807) is 0 Å². The summed E-state index contributed by atoms with van der Waals surface area (Å²) in [5, 5.41) is 9.40. The molecule has 5 heteroatoms. The van der Waals surface area contributed by atoms with E-state index in [1.807, 2.05) is 18.2 Å². The molecule has 0 saturated heterocycles. The molecule has 3 heterocycles. The van der Waals surface area contributed by atoms with E-state index in [9.17, 15) is 0 Å². The quantitative estimate of drug-likeness (QED) is 0.797. The Hall–Kier alpha value is -2.14. The van der Waals surface area contributed by atoms with E-state index in [2.05, 4.69) is 41.1 Å². The minimum atomic E-state index is 0.140. The molecule has 0 amide bonds. The first-order valence-electron chi connectivity index (χ1n) is 8.42. The van der Waals surface area contributed by atoms with Crippen molar-refractivity contribution in [2.24, 2.45) is 0 Å². The van der Waals surface area contributed by atoms with Gasteiger partial charge >= 0.3 is 0 Å². The molecular weight excluding hydrogens is 288 g/mol. The van der Waals surface area contributed by atoms with Crippen LogP contribution in [0.4, 0.5) is 0 Å². The van der Waals surface area contributed by atoms with E-state index in [-0.39, 0.29) is 12.1 Å². The molecule has 2 atom stereocenters. The summed E-state index contributed by atoms with van der Waals surface area (Å²) in [6.45, 7) is 5.22. The SMILES string of the molecule is CCc1nc2n(n1)CCC[C@@H]2N[C@H](C)c1cc2ccccc2o1. The molecule has 5 nitrogen and oxygen atoms in total. The van der Waals surface area contributed by atoms with Gasteiger partial charge in [0.15, 0.2) is 5.82 Å². The van der Waals surface area contributed by atoms with E-state index in [0.717, 1.165) is 54.2 Å². The number of fused-ring (bicyclic) bond motifs is 2. The van der Waals surface area contributed by atoms with E-state index >= 15 is 0 Å². The van der Waals surface area contributed by atoms with Gasteiger partial charge in [0.05, 0.1) is 12.1 Å². The first kappa shape index (κ1) is 14.5. The molecule has 0 fully saturated rings. The highest BCUT2D eigenvalue weighted by molar-refractivity contribution is 5.77. The summed E-state index contributed by atoms with van der Waals surface area (Å²) in [5.41, 5.74) is 0.941. The predicted octanol–water partition coefficient (Wildman–Crippen LogP) is 3.77. The first-order chi connectivity index (χ1) is 11.2. The lowest BCUT2D eigenvalue weighted by Crippen LogP contribution is -2.30. The van der Waals surface area contributed by atoms with Crippen molar-refractivity contribution in [3.05, 3.63) is 47.7 Å². The van der Waals surface area contributed by atoms with Crippen LogP contribution in [0.25, 0.3) is 11.0 Å². The van der Waals surface area contributed by atoms with Gasteiger partial charge in [-0.1, -0.05) is 25.1 Å². The van der Waals surface area contributed by atoms with Crippen LogP contribution in [0.5, 0.6) is 0 Å². The topological polar surface area (TPSA) is 55.9 Å². The third kappa shape index (κ3) is 2.65. The average molecular weight is 310 g/mol. The molecule has 4 rings (SSSR count). The number of nitrogens with one attached hydrogen (secondary N) is 1. The van der Waals surface area contributed by atoms with Crippen molar-refractivity contribution >= 4 is 11.0 Å². The zero-order valence-electron chi connectivity index (χ0n) is 13.6. The summed E-state index contributed by atoms with van der Waals surface area (Å²) in [4.78, 5) is 4.70. The van der Waals surface area contributed by atoms with Crippen molar-refractivity contribution in [3.8, 4) is 0 Å². The molecule has 0 spiro atoms. The lowest BCUT2D eigenvalue weighted by atomic mass is 10.1. The molecule has 3 aromatic rings. The van der Waals surface area contributed by atoms with Crippen molar-refractivity contribution in [1.82, 2.24) is 20.1 Å². The summed E-state index contributed by atoms with van der Waals surface area (Å²) in [6.07, 6.45) is 3.10. The Kier molecular flexibility index (Phi) is 3.65. The first-order valence-corrected chi connectivity index (χ1v) is 8.42. The fraction of sp³-hybridized carbons (Fsp3) is 0.444. The number of para-hydroxylation sites is 1. The monoisotopic (exact) mass is 310 g/mol. The number of hydrogen-bond donors (Lipinski definition) is 1. The van der Waals surface area contributed by atoms with Crippen LogP contribution in [0.1, 0.15) is 56.2 Å². The maximum Gasteiger partial charge on any atom is 0.150 e. The Morgan fingerprint density at radius 3 is 3.09 bits per heavy atom. The second kappa shape index (κ2) is 5.81. The number of aryl methyl sites for hydroxylation is 2. The maximum atomic E-state index is 5.98. The van der Waals surface area contributed by atoms with Crippen LogP contribution < -0.4 is 5.32 Å². The Morgan fingerprint density at radius 1 is 1.39 bits per heavy atom. The Bertz CT molecular complexity index is 786. The van der Waals surface area contributed by atoms with Crippen molar-refractivity contribution in [3.63, 3.8) is 0 Å². The molecular formula is C18H22N4O. The van der Waals surface area contributed by atoms with Crippen LogP contribution in [-0.4, -0.2) is 14.8 Å². The second-order valence-electron chi connectivity index (χ2n) is 6.23. The van der Waals surface area contributed by atoms with Crippen LogP contribution in [0.15, 0.2) is 34.7 Å². The van der Waals surface area contributed by atoms with Crippen molar-refractivity contribution in [1.29, 1.82) is 0 Å². The Morgan fingerprint density at radius 2 is 2.26 bits per heavy atom. The standard InChI is InChI=1S/C18H22N4O/c1-3-17-20-18-14(8-6-10-22(18)21-17)19-12(2)16-11-13-7-4-5-9-15(13)23-16/h4-5,7,9,11-12,14,19H,3,6,8,10H2,1-2H3/t12-,14+/m1/s1. The average Bonchev–Trinajstić information content (AvgIpc) is 3.19. The highest BCUT2D eigenvalue weighted by Crippen LogP contribution is 2.29. The zero-order valence-corrected chi connectivity index (χ0v) is 13.6. The molecule has 0 unspecified atom stereocenters. The molecule has 120 valence electrons. The van der Waals surface area contributed by atoms with Crippen LogP contribution in [-0.2, 0) is 13.0 Å². The van der Waals surface area contributed by atoms with Gasteiger partial charge in [0.2, 0.25) is 0 Å². The van der Waals surface area contributed by atoms with Gasteiger partial charge in [-0.25, -0.2) is 9.67 Å². The summed E-state index contributed by atoms with van der Waals surface area (Å²) in [7, 11) is 0. The lowest BCUT2D eigenvalue weighted by Gasteiger charge is -2.25. The molecule has 0 bridgehead atoms. The van der Waals surface area contributed by atoms with Gasteiger partial charge in [0.25, 0.3) is 0 Å². The fourth-order valence-electron chi connectivity index (χ4n) is 3.31. The van der Waals surface area contributed by atoms with Crippen molar-refractivity contribution in [2.45, 2.75) is 51.7 Å². The Balaban J connectivity index is 1.57. The molecule has 23 heavy (non-hydrogen) atoms. The van der Waals surface area contributed by atoms with Gasteiger partial charge in [-0.2, -0.15) is 5.10 Å². The van der Waals surface area contributed by atoms with Gasteiger partial charge in [-0.05, 0) is 31.9 Å². The summed E-state index contributed by atoms with van der Waals surface area (Å²) < 4.78 is 8.04. The summed E-state index contributed by atoms with van der Waals surface area (Å²) in [6, 6.07) is 10.6. The van der Waals surface area contributed by atoms with E-state index < -0.39 is 0 Å². The second-order valence-corrected chi connectivity index (χ2v) is 6.23. The number of nitrogens with zero attached hydrogens (tertiary/aromatic N) is 3. The molecule has 0 aliphatic carbocycles. The highest BCUT2D eigenvalue weighted by atomic mass is 16.3. The summed E-state index contributed by atoms with van der Waals surface area (Å²) >= 11 is 0. The van der Waals surface area contributed by atoms with Gasteiger partial charge < -0.3 is 4.42 Å². The number of aromatic nitrogens is 3. The molecule has 1 N–H and O–H groups in total. The number of rotatable bonds is 4. The largest absolute Gasteiger partial charge is 0.459 e. The smallest absolute Gasteiger partial charge is 0.150 e. The molecule has 2 aromatic heterocycles. The summed E-state index contributed by atoms with van der Waals surface area (Å²) in [5.74, 6) is 2.97. The fourth-order valence-corrected chi connectivity index (χ4v) is 3.31. The molecule has 1 aromatic carbocycles. The van der Waals surface area contributed by atoms with Crippen LogP contribution in [0.3, 0.4) is 0 Å². The third-order valence-electron chi connectivity index (χ3n) is 4.56. The van der Waals surface area contributed by atoms with Crippen molar-refractivity contribution in [2.75, 3.05) is 0 Å². The molecule has 1 aliphatic heterocycles. The maximum absolute atomic E-state index is 5.98. The minimum absolute atomic E-state index is 0.140. The minimum Gasteiger partial charge on any atom is -0.459 e. The van der Waals surface area contributed by atoms with Crippen LogP contribution in [0.2, 0.25) is 0 Å². The molecule has 0 radical (unpaired) electrons. The zero-order chi connectivity index (χ0) is 15.8. The van der Waals surface area contributed by atoms with Gasteiger partial charge in [0, 0.05) is 18.4 Å². The molecule has 0 saturated carbocycles. The lowest BCUT2D eigenvalue weighted by molar-refractivity contribution is 0.326.